The standard InChI is InChI=1S/C22H23NO4/c1-15(2)27-19-10-6-17(7-11-19)14-26-21-13-22(24)23-20(21)12-16-4-8-18(25-3)9-5-16/h4-11,13,20H,1,12,14H2,2-3H3,(H,23,24). The summed E-state index contributed by atoms with van der Waals surface area (Å²) in [5.41, 5.74) is 2.09. The van der Waals surface area contributed by atoms with Crippen molar-refractivity contribution in [2.45, 2.75) is 26.0 Å². The van der Waals surface area contributed by atoms with Crippen molar-refractivity contribution >= 4 is 5.91 Å². The minimum atomic E-state index is -0.170. The number of hydrogen-bond donors (Lipinski definition) is 1. The quantitative estimate of drug-likeness (QED) is 0.724. The predicted molar refractivity (Wildman–Crippen MR) is 103 cm³/mol. The van der Waals surface area contributed by atoms with Gasteiger partial charge in [0.25, 0.3) is 0 Å². The minimum Gasteiger partial charge on any atom is -0.497 e. The lowest BCUT2D eigenvalue weighted by atomic mass is 10.1. The molecule has 1 heterocycles. The van der Waals surface area contributed by atoms with Crippen molar-refractivity contribution in [3.05, 3.63) is 83.8 Å². The van der Waals surface area contributed by atoms with Crippen LogP contribution in [0, 0.1) is 0 Å². The molecule has 3 rings (SSSR count). The smallest absolute Gasteiger partial charge is 0.248 e. The third kappa shape index (κ3) is 5.14. The van der Waals surface area contributed by atoms with Crippen LogP contribution in [0.5, 0.6) is 11.5 Å². The summed E-state index contributed by atoms with van der Waals surface area (Å²) in [6, 6.07) is 15.2. The molecule has 27 heavy (non-hydrogen) atoms. The number of carbonyl (C=O) groups excluding carboxylic acids is 1. The summed E-state index contributed by atoms with van der Waals surface area (Å²) in [6.45, 7) is 5.90. The van der Waals surface area contributed by atoms with Crippen molar-refractivity contribution in [2.75, 3.05) is 7.11 Å². The van der Waals surface area contributed by atoms with Crippen LogP contribution in [0.2, 0.25) is 0 Å². The summed E-state index contributed by atoms with van der Waals surface area (Å²) < 4.78 is 16.5. The molecular formula is C22H23NO4. The van der Waals surface area contributed by atoms with Crippen LogP contribution >= 0.6 is 0 Å². The van der Waals surface area contributed by atoms with E-state index in [0.717, 1.165) is 22.6 Å². The normalized spacial score (nSPS) is 15.7. The third-order valence-electron chi connectivity index (χ3n) is 4.15. The Hall–Kier alpha value is -3.21. The first-order chi connectivity index (χ1) is 13.0. The number of rotatable bonds is 8. The maximum absolute atomic E-state index is 11.8. The molecule has 1 aliphatic heterocycles. The largest absolute Gasteiger partial charge is 0.497 e. The molecule has 1 unspecified atom stereocenters. The van der Waals surface area contributed by atoms with Gasteiger partial charge < -0.3 is 19.5 Å². The summed E-state index contributed by atoms with van der Waals surface area (Å²) in [5, 5.41) is 2.93. The Morgan fingerprint density at radius 1 is 1.04 bits per heavy atom. The monoisotopic (exact) mass is 365 g/mol. The maximum Gasteiger partial charge on any atom is 0.248 e. The Bertz CT molecular complexity index is 838. The second-order valence-electron chi connectivity index (χ2n) is 6.40. The molecule has 0 fully saturated rings. The number of allylic oxidation sites excluding steroid dienone is 1. The highest BCUT2D eigenvalue weighted by molar-refractivity contribution is 5.91. The summed E-state index contributed by atoms with van der Waals surface area (Å²) in [7, 11) is 1.64. The van der Waals surface area contributed by atoms with Gasteiger partial charge in [0.2, 0.25) is 5.91 Å². The van der Waals surface area contributed by atoms with E-state index in [1.807, 2.05) is 48.5 Å². The van der Waals surface area contributed by atoms with Crippen molar-refractivity contribution in [3.8, 4) is 11.5 Å². The Morgan fingerprint density at radius 2 is 1.67 bits per heavy atom. The molecule has 0 aromatic heterocycles. The average Bonchev–Trinajstić information content (AvgIpc) is 3.00. The molecule has 140 valence electrons. The Balaban J connectivity index is 1.59. The second kappa shape index (κ2) is 8.45. The number of carbonyl (C=O) groups is 1. The molecule has 0 spiro atoms. The van der Waals surface area contributed by atoms with E-state index in [2.05, 4.69) is 11.9 Å². The van der Waals surface area contributed by atoms with Crippen LogP contribution < -0.4 is 14.8 Å². The van der Waals surface area contributed by atoms with Gasteiger partial charge in [0, 0.05) is 6.08 Å². The molecule has 1 atom stereocenters. The molecule has 2 aromatic rings. The summed E-state index contributed by atoms with van der Waals surface area (Å²) >= 11 is 0. The van der Waals surface area contributed by atoms with Crippen LogP contribution in [0.25, 0.3) is 0 Å². The van der Waals surface area contributed by atoms with Crippen LogP contribution in [-0.2, 0) is 22.6 Å². The van der Waals surface area contributed by atoms with E-state index in [9.17, 15) is 4.79 Å². The first-order valence-corrected chi connectivity index (χ1v) is 8.73. The molecule has 0 saturated carbocycles. The Morgan fingerprint density at radius 3 is 2.30 bits per heavy atom. The number of methoxy groups -OCH3 is 1. The average molecular weight is 365 g/mol. The topological polar surface area (TPSA) is 56.8 Å². The zero-order valence-corrected chi connectivity index (χ0v) is 15.5. The van der Waals surface area contributed by atoms with E-state index in [-0.39, 0.29) is 11.9 Å². The molecule has 1 amide bonds. The van der Waals surface area contributed by atoms with Crippen molar-refractivity contribution in [2.24, 2.45) is 0 Å². The van der Waals surface area contributed by atoms with E-state index >= 15 is 0 Å². The highest BCUT2D eigenvalue weighted by atomic mass is 16.5. The lowest BCUT2D eigenvalue weighted by Gasteiger charge is -2.17. The molecule has 0 bridgehead atoms. The molecule has 0 saturated heterocycles. The van der Waals surface area contributed by atoms with Gasteiger partial charge in [0.15, 0.2) is 0 Å². The van der Waals surface area contributed by atoms with Crippen molar-refractivity contribution < 1.29 is 19.0 Å². The summed E-state index contributed by atoms with van der Waals surface area (Å²) in [5.74, 6) is 2.70. The van der Waals surface area contributed by atoms with Crippen molar-refractivity contribution in [1.82, 2.24) is 5.32 Å². The number of amides is 1. The molecule has 1 aliphatic rings. The molecule has 1 N–H and O–H groups in total. The lowest BCUT2D eigenvalue weighted by molar-refractivity contribution is -0.116. The van der Waals surface area contributed by atoms with E-state index < -0.39 is 0 Å². The van der Waals surface area contributed by atoms with E-state index in [1.165, 1.54) is 6.08 Å². The van der Waals surface area contributed by atoms with Crippen molar-refractivity contribution in [3.63, 3.8) is 0 Å². The summed E-state index contributed by atoms with van der Waals surface area (Å²) in [4.78, 5) is 11.8. The highest BCUT2D eigenvalue weighted by Gasteiger charge is 2.25. The minimum absolute atomic E-state index is 0.131. The zero-order chi connectivity index (χ0) is 19.2. The Labute approximate surface area is 159 Å². The summed E-state index contributed by atoms with van der Waals surface area (Å²) in [6.07, 6.45) is 2.18. The molecule has 5 heteroatoms. The third-order valence-corrected chi connectivity index (χ3v) is 4.15. The fourth-order valence-corrected chi connectivity index (χ4v) is 2.83. The van der Waals surface area contributed by atoms with Gasteiger partial charge in [-0.25, -0.2) is 0 Å². The molecule has 0 aliphatic carbocycles. The van der Waals surface area contributed by atoms with E-state index in [1.54, 1.807) is 14.0 Å². The van der Waals surface area contributed by atoms with Gasteiger partial charge in [-0.2, -0.15) is 0 Å². The fourth-order valence-electron chi connectivity index (χ4n) is 2.83. The molecule has 0 radical (unpaired) electrons. The van der Waals surface area contributed by atoms with Gasteiger partial charge in [-0.05, 0) is 48.7 Å². The van der Waals surface area contributed by atoms with Gasteiger partial charge in [-0.15, -0.1) is 0 Å². The molecule has 2 aromatic carbocycles. The maximum atomic E-state index is 11.8. The van der Waals surface area contributed by atoms with Gasteiger partial charge in [-0.1, -0.05) is 30.8 Å². The van der Waals surface area contributed by atoms with Crippen molar-refractivity contribution in [1.29, 1.82) is 0 Å². The zero-order valence-electron chi connectivity index (χ0n) is 15.5. The first kappa shape index (κ1) is 18.6. The van der Waals surface area contributed by atoms with Crippen LogP contribution in [0.4, 0.5) is 0 Å². The van der Waals surface area contributed by atoms with Gasteiger partial charge in [0.05, 0.1) is 18.9 Å². The second-order valence-corrected chi connectivity index (χ2v) is 6.40. The number of ether oxygens (including phenoxy) is 3. The molecular weight excluding hydrogens is 342 g/mol. The van der Waals surface area contributed by atoms with Crippen LogP contribution in [0.3, 0.4) is 0 Å². The number of nitrogens with one attached hydrogen (secondary N) is 1. The molecule has 5 nitrogen and oxygen atoms in total. The van der Waals surface area contributed by atoms with Crippen LogP contribution in [0.1, 0.15) is 18.1 Å². The number of hydrogen-bond acceptors (Lipinski definition) is 4. The lowest BCUT2D eigenvalue weighted by Crippen LogP contribution is -2.31. The van der Waals surface area contributed by atoms with E-state index in [0.29, 0.717) is 24.5 Å². The van der Waals surface area contributed by atoms with Gasteiger partial charge in [-0.3, -0.25) is 4.79 Å². The van der Waals surface area contributed by atoms with E-state index in [4.69, 9.17) is 14.2 Å². The SMILES string of the molecule is C=C(C)Oc1ccc(COC2=CC(=O)NC2Cc2ccc(OC)cc2)cc1. The highest BCUT2D eigenvalue weighted by Crippen LogP contribution is 2.21. The fraction of sp³-hybridized carbons (Fsp3) is 0.227. The van der Waals surface area contributed by atoms with Crippen LogP contribution in [-0.4, -0.2) is 19.1 Å². The number of benzene rings is 2. The van der Waals surface area contributed by atoms with Gasteiger partial charge in [0.1, 0.15) is 23.9 Å². The van der Waals surface area contributed by atoms with Gasteiger partial charge >= 0.3 is 0 Å². The first-order valence-electron chi connectivity index (χ1n) is 8.73. The predicted octanol–water partition coefficient (Wildman–Crippen LogP) is 3.75. The Kier molecular flexibility index (Phi) is 5.81. The van der Waals surface area contributed by atoms with Crippen LogP contribution in [0.15, 0.2) is 72.7 Å².